The summed E-state index contributed by atoms with van der Waals surface area (Å²) in [5, 5.41) is 10.4. The van der Waals surface area contributed by atoms with Crippen molar-refractivity contribution in [3.63, 3.8) is 0 Å². The number of hydrogen-bond acceptors (Lipinski definition) is 6. The molecule has 0 atom stereocenters. The average Bonchev–Trinajstić information content (AvgIpc) is 2.83. The van der Waals surface area contributed by atoms with Gasteiger partial charge < -0.3 is 9.84 Å². The van der Waals surface area contributed by atoms with Gasteiger partial charge in [-0.1, -0.05) is 30.3 Å². The van der Waals surface area contributed by atoms with E-state index in [0.717, 1.165) is 17.7 Å². The smallest absolute Gasteiger partial charge is 0.416 e. The number of aromatic nitrogens is 3. The summed E-state index contributed by atoms with van der Waals surface area (Å²) in [5.74, 6) is -0.0501. The Morgan fingerprint density at radius 2 is 1.35 bits per heavy atom. The molecule has 34 heavy (non-hydrogen) atoms. The maximum atomic E-state index is 13.0. The zero-order valence-electron chi connectivity index (χ0n) is 18.1. The largest absolute Gasteiger partial charge is 0.507 e. The maximum absolute atomic E-state index is 13.0. The molecule has 0 aliphatic rings. The number of carbonyl (C=O) groups excluding carboxylic acids is 1. The van der Waals surface area contributed by atoms with E-state index in [-0.39, 0.29) is 23.2 Å². The molecule has 0 saturated heterocycles. The van der Waals surface area contributed by atoms with Gasteiger partial charge in [0.15, 0.2) is 17.5 Å². The molecule has 0 radical (unpaired) electrons. The number of aromatic hydroxyl groups is 1. The molecule has 0 bridgehead atoms. The number of rotatable bonds is 4. The second kappa shape index (κ2) is 8.93. The monoisotopic (exact) mass is 465 g/mol. The first-order valence-electron chi connectivity index (χ1n) is 10.1. The quantitative estimate of drug-likeness (QED) is 0.390. The van der Waals surface area contributed by atoms with Crippen molar-refractivity contribution >= 4 is 5.97 Å². The van der Waals surface area contributed by atoms with E-state index in [1.807, 2.05) is 6.92 Å². The van der Waals surface area contributed by atoms with E-state index in [0.29, 0.717) is 22.3 Å². The molecule has 0 aliphatic carbocycles. The van der Waals surface area contributed by atoms with Gasteiger partial charge in [-0.3, -0.25) is 0 Å². The van der Waals surface area contributed by atoms with Crippen LogP contribution in [0.15, 0.2) is 66.7 Å². The third-order valence-electron chi connectivity index (χ3n) is 5.06. The Balaban J connectivity index is 1.85. The average molecular weight is 465 g/mol. The third kappa shape index (κ3) is 4.73. The number of phenolic OH excluding ortho intramolecular Hbond substituents is 1. The lowest BCUT2D eigenvalue weighted by molar-refractivity contribution is -0.137. The van der Waals surface area contributed by atoms with Crippen molar-refractivity contribution in [3.05, 3.63) is 83.4 Å². The summed E-state index contributed by atoms with van der Waals surface area (Å²) in [6, 6.07) is 15.8. The Morgan fingerprint density at radius 1 is 0.824 bits per heavy atom. The number of methoxy groups -OCH3 is 1. The SMILES string of the molecule is COC(=O)c1ccc(-c2nc(-c3ccc(C(F)(F)F)cc3)nc(-c3ccc(C)cc3O)n2)cc1. The summed E-state index contributed by atoms with van der Waals surface area (Å²) in [6.45, 7) is 1.82. The van der Waals surface area contributed by atoms with Crippen LogP contribution in [-0.4, -0.2) is 33.1 Å². The van der Waals surface area contributed by atoms with Crippen LogP contribution < -0.4 is 0 Å². The Morgan fingerprint density at radius 3 is 1.85 bits per heavy atom. The fraction of sp³-hybridized carbons (Fsp3) is 0.120. The third-order valence-corrected chi connectivity index (χ3v) is 5.06. The van der Waals surface area contributed by atoms with Crippen molar-refractivity contribution in [2.75, 3.05) is 7.11 Å². The van der Waals surface area contributed by atoms with Crippen molar-refractivity contribution in [3.8, 4) is 39.9 Å². The van der Waals surface area contributed by atoms with Crippen LogP contribution in [-0.2, 0) is 10.9 Å². The summed E-state index contributed by atoms with van der Waals surface area (Å²) < 4.78 is 43.7. The van der Waals surface area contributed by atoms with Gasteiger partial charge in [0.1, 0.15) is 5.75 Å². The van der Waals surface area contributed by atoms with Gasteiger partial charge in [0.25, 0.3) is 0 Å². The summed E-state index contributed by atoms with van der Waals surface area (Å²) in [5.41, 5.74) is 1.59. The van der Waals surface area contributed by atoms with Crippen LogP contribution in [0, 0.1) is 6.92 Å². The number of nitrogens with zero attached hydrogens (tertiary/aromatic N) is 3. The van der Waals surface area contributed by atoms with Crippen molar-refractivity contribution < 1.29 is 27.8 Å². The first kappa shape index (κ1) is 22.9. The van der Waals surface area contributed by atoms with Crippen LogP contribution in [0.1, 0.15) is 21.5 Å². The number of halogens is 3. The molecule has 1 N–H and O–H groups in total. The van der Waals surface area contributed by atoms with E-state index in [1.54, 1.807) is 42.5 Å². The van der Waals surface area contributed by atoms with Gasteiger partial charge in [-0.2, -0.15) is 13.2 Å². The van der Waals surface area contributed by atoms with E-state index >= 15 is 0 Å². The van der Waals surface area contributed by atoms with Crippen molar-refractivity contribution in [2.45, 2.75) is 13.1 Å². The molecule has 0 fully saturated rings. The molecule has 9 heteroatoms. The lowest BCUT2D eigenvalue weighted by Crippen LogP contribution is -2.05. The first-order chi connectivity index (χ1) is 16.2. The van der Waals surface area contributed by atoms with Gasteiger partial charge >= 0.3 is 12.1 Å². The first-order valence-corrected chi connectivity index (χ1v) is 10.1. The summed E-state index contributed by atoms with van der Waals surface area (Å²) >= 11 is 0. The maximum Gasteiger partial charge on any atom is 0.416 e. The fourth-order valence-corrected chi connectivity index (χ4v) is 3.27. The van der Waals surface area contributed by atoms with E-state index in [1.165, 1.54) is 19.2 Å². The highest BCUT2D eigenvalue weighted by molar-refractivity contribution is 5.89. The van der Waals surface area contributed by atoms with Gasteiger partial charge in [0.05, 0.1) is 23.8 Å². The highest BCUT2D eigenvalue weighted by atomic mass is 19.4. The molecule has 1 heterocycles. The second-order valence-electron chi connectivity index (χ2n) is 7.47. The predicted molar refractivity (Wildman–Crippen MR) is 119 cm³/mol. The molecule has 1 aromatic heterocycles. The number of phenols is 1. The van der Waals surface area contributed by atoms with Gasteiger partial charge in [-0.15, -0.1) is 0 Å². The van der Waals surface area contributed by atoms with Crippen LogP contribution >= 0.6 is 0 Å². The van der Waals surface area contributed by atoms with Crippen molar-refractivity contribution in [1.29, 1.82) is 0 Å². The molecule has 3 aromatic carbocycles. The number of esters is 1. The standard InChI is InChI=1S/C25H18F3N3O3/c1-14-3-12-19(20(32)13-14)23-30-21(15-4-6-17(7-5-15)24(33)34-2)29-22(31-23)16-8-10-18(11-9-16)25(26,27)28/h3-13,32H,1-2H3. The number of hydrogen-bond donors (Lipinski definition) is 1. The lowest BCUT2D eigenvalue weighted by Gasteiger charge is -2.11. The van der Waals surface area contributed by atoms with Crippen molar-refractivity contribution in [2.24, 2.45) is 0 Å². The molecule has 0 aliphatic heterocycles. The summed E-state index contributed by atoms with van der Waals surface area (Å²) in [7, 11) is 1.28. The minimum absolute atomic E-state index is 0.0449. The Kier molecular flexibility index (Phi) is 6.02. The minimum Gasteiger partial charge on any atom is -0.507 e. The Bertz CT molecular complexity index is 1350. The van der Waals surface area contributed by atoms with Crippen LogP contribution in [0.5, 0.6) is 5.75 Å². The number of alkyl halides is 3. The highest BCUT2D eigenvalue weighted by Crippen LogP contribution is 2.33. The minimum atomic E-state index is -4.47. The molecule has 172 valence electrons. The lowest BCUT2D eigenvalue weighted by atomic mass is 10.1. The summed E-state index contributed by atoms with van der Waals surface area (Å²) in [6.07, 6.45) is -4.47. The zero-order chi connectivity index (χ0) is 24.5. The Hall–Kier alpha value is -4.27. The molecule has 4 aromatic rings. The van der Waals surface area contributed by atoms with Crippen molar-refractivity contribution in [1.82, 2.24) is 15.0 Å². The molecule has 0 unspecified atom stereocenters. The second-order valence-corrected chi connectivity index (χ2v) is 7.47. The highest BCUT2D eigenvalue weighted by Gasteiger charge is 2.30. The topological polar surface area (TPSA) is 85.2 Å². The van der Waals surface area contributed by atoms with Crippen LogP contribution in [0.3, 0.4) is 0 Å². The van der Waals surface area contributed by atoms with E-state index in [9.17, 15) is 23.1 Å². The van der Waals surface area contributed by atoms with E-state index in [4.69, 9.17) is 4.74 Å². The number of benzene rings is 3. The van der Waals surface area contributed by atoms with Gasteiger partial charge in [0.2, 0.25) is 0 Å². The molecular weight excluding hydrogens is 447 g/mol. The van der Waals surface area contributed by atoms with Crippen LogP contribution in [0.2, 0.25) is 0 Å². The van der Waals surface area contributed by atoms with Gasteiger partial charge in [-0.05, 0) is 48.9 Å². The zero-order valence-corrected chi connectivity index (χ0v) is 18.1. The normalized spacial score (nSPS) is 11.3. The van der Waals surface area contributed by atoms with E-state index in [2.05, 4.69) is 15.0 Å². The number of carbonyl (C=O) groups is 1. The molecule has 0 amide bonds. The molecule has 0 saturated carbocycles. The predicted octanol–water partition coefficient (Wildman–Crippen LogP) is 5.69. The molecule has 0 spiro atoms. The van der Waals surface area contributed by atoms with Crippen LogP contribution in [0.4, 0.5) is 13.2 Å². The van der Waals surface area contributed by atoms with Crippen LogP contribution in [0.25, 0.3) is 34.2 Å². The molecular formula is C25H18F3N3O3. The number of ether oxygens (including phenoxy) is 1. The number of aryl methyl sites for hydroxylation is 1. The van der Waals surface area contributed by atoms with Gasteiger partial charge in [-0.25, -0.2) is 19.7 Å². The molecule has 6 nitrogen and oxygen atoms in total. The van der Waals surface area contributed by atoms with Gasteiger partial charge in [0, 0.05) is 11.1 Å². The fourth-order valence-electron chi connectivity index (χ4n) is 3.27. The Labute approximate surface area is 192 Å². The van der Waals surface area contributed by atoms with E-state index < -0.39 is 17.7 Å². The molecule has 4 rings (SSSR count). The summed E-state index contributed by atoms with van der Waals surface area (Å²) in [4.78, 5) is 25.0.